The monoisotopic (exact) mass is 577 g/mol. The van der Waals surface area contributed by atoms with E-state index in [0.717, 1.165) is 11.3 Å². The molecule has 1 unspecified atom stereocenters. The summed E-state index contributed by atoms with van der Waals surface area (Å²) in [7, 11) is 0. The maximum Gasteiger partial charge on any atom is 0.0666 e. The topological polar surface area (TPSA) is 12.4 Å². The third-order valence-corrected chi connectivity index (χ3v) is 9.24. The Hall–Kier alpha value is -5.53. The third-order valence-electron chi connectivity index (χ3n) is 9.24. The Morgan fingerprint density at radius 3 is 1.98 bits per heavy atom. The minimum Gasteiger partial charge on any atom is -0.264 e. The highest BCUT2D eigenvalue weighted by molar-refractivity contribution is 5.92. The van der Waals surface area contributed by atoms with E-state index in [-0.39, 0.29) is 0 Å². The van der Waals surface area contributed by atoms with Crippen molar-refractivity contribution in [1.82, 2.24) is 0 Å². The smallest absolute Gasteiger partial charge is 0.0666 e. The highest BCUT2D eigenvalue weighted by atomic mass is 14.7. The molecule has 0 heterocycles. The van der Waals surface area contributed by atoms with Crippen molar-refractivity contribution in [2.24, 2.45) is 4.99 Å². The largest absolute Gasteiger partial charge is 0.264 e. The van der Waals surface area contributed by atoms with Crippen LogP contribution in [0.1, 0.15) is 34.7 Å². The quantitative estimate of drug-likeness (QED) is 0.126. The lowest BCUT2D eigenvalue weighted by Crippen LogP contribution is -2.33. The van der Waals surface area contributed by atoms with Gasteiger partial charge in [0, 0.05) is 5.41 Å². The van der Waals surface area contributed by atoms with Gasteiger partial charge >= 0.3 is 0 Å². The van der Waals surface area contributed by atoms with E-state index in [2.05, 4.69) is 177 Å². The lowest BCUT2D eigenvalue weighted by molar-refractivity contribution is 0.694. The van der Waals surface area contributed by atoms with Gasteiger partial charge in [-0.2, -0.15) is 0 Å². The van der Waals surface area contributed by atoms with Gasteiger partial charge in [0.2, 0.25) is 0 Å². The van der Waals surface area contributed by atoms with Gasteiger partial charge in [-0.15, -0.1) is 0 Å². The lowest BCUT2D eigenvalue weighted by Gasteiger charge is -2.33. The Bertz CT molecular complexity index is 2200. The molecule has 0 fully saturated rings. The summed E-state index contributed by atoms with van der Waals surface area (Å²) in [5.41, 5.74) is 12.7. The molecule has 6 aromatic carbocycles. The number of benzene rings is 6. The van der Waals surface area contributed by atoms with Gasteiger partial charge < -0.3 is 0 Å². The highest BCUT2D eigenvalue weighted by Gasteiger charge is 2.33. The van der Waals surface area contributed by atoms with Crippen molar-refractivity contribution in [3.63, 3.8) is 0 Å². The van der Waals surface area contributed by atoms with Gasteiger partial charge in [0.05, 0.1) is 5.69 Å². The maximum atomic E-state index is 4.41. The molecule has 0 amide bonds. The summed E-state index contributed by atoms with van der Waals surface area (Å²) in [6.07, 6.45) is 6.72. The first-order chi connectivity index (χ1) is 22.0. The van der Waals surface area contributed by atoms with Crippen molar-refractivity contribution in [3.8, 4) is 22.3 Å². The van der Waals surface area contributed by atoms with Crippen molar-refractivity contribution in [2.75, 3.05) is 0 Å². The Morgan fingerprint density at radius 2 is 1.22 bits per heavy atom. The fourth-order valence-electron chi connectivity index (χ4n) is 6.55. The molecule has 0 bridgehead atoms. The molecule has 0 radical (unpaired) electrons. The number of nitrogens with zero attached hydrogens (tertiary/aromatic N) is 1. The number of hydrogen-bond acceptors (Lipinski definition) is 1. The van der Waals surface area contributed by atoms with Crippen molar-refractivity contribution in [3.05, 3.63) is 190 Å². The molecule has 0 saturated carbocycles. The van der Waals surface area contributed by atoms with E-state index in [4.69, 9.17) is 0 Å². The number of rotatable bonds is 8. The van der Waals surface area contributed by atoms with Gasteiger partial charge in [-0.25, -0.2) is 0 Å². The second-order valence-electron chi connectivity index (χ2n) is 11.9. The molecule has 0 spiro atoms. The van der Waals surface area contributed by atoms with E-state index < -0.39 is 5.41 Å². The van der Waals surface area contributed by atoms with Gasteiger partial charge in [-0.05, 0) is 117 Å². The van der Waals surface area contributed by atoms with Crippen LogP contribution in [0.15, 0.2) is 157 Å². The molecule has 6 aromatic rings. The molecular formula is C44H35N. The van der Waals surface area contributed by atoms with Crippen LogP contribution in [-0.2, 0) is 5.41 Å². The van der Waals surface area contributed by atoms with Crippen LogP contribution in [-0.4, -0.2) is 6.72 Å². The zero-order chi connectivity index (χ0) is 30.8. The summed E-state index contributed by atoms with van der Waals surface area (Å²) in [6, 6.07) is 52.2. The Balaban J connectivity index is 1.24. The number of allylic oxidation sites excluding steroid dienone is 1. The van der Waals surface area contributed by atoms with Gasteiger partial charge in [-0.3, -0.25) is 4.99 Å². The zero-order valence-electron chi connectivity index (χ0n) is 25.7. The van der Waals surface area contributed by atoms with Crippen molar-refractivity contribution in [1.29, 1.82) is 0 Å². The molecular weight excluding hydrogens is 542 g/mol. The van der Waals surface area contributed by atoms with E-state index in [9.17, 15) is 0 Å². The van der Waals surface area contributed by atoms with Crippen molar-refractivity contribution >= 4 is 30.1 Å². The second-order valence-corrected chi connectivity index (χ2v) is 11.9. The fraction of sp³-hybridized carbons (Fsp3) is 0.0682. The average molecular weight is 578 g/mol. The Labute approximate surface area is 265 Å². The minimum atomic E-state index is -0.411. The zero-order valence-corrected chi connectivity index (χ0v) is 25.7. The van der Waals surface area contributed by atoms with Crippen molar-refractivity contribution in [2.45, 2.75) is 19.3 Å². The molecule has 0 aliphatic heterocycles. The number of para-hydroxylation sites is 1. The highest BCUT2D eigenvalue weighted by Crippen LogP contribution is 2.44. The lowest BCUT2D eigenvalue weighted by atomic mass is 9.70. The Morgan fingerprint density at radius 1 is 0.578 bits per heavy atom. The molecule has 0 aromatic heterocycles. The predicted octanol–water partition coefficient (Wildman–Crippen LogP) is 9.67. The molecule has 1 nitrogen and oxygen atoms in total. The maximum absolute atomic E-state index is 4.41. The molecule has 45 heavy (non-hydrogen) atoms. The summed E-state index contributed by atoms with van der Waals surface area (Å²) in [4.78, 5) is 4.41. The normalized spacial score (nSPS) is 13.4. The first-order valence-electron chi connectivity index (χ1n) is 15.5. The summed E-state index contributed by atoms with van der Waals surface area (Å²) in [5.74, 6) is 0. The van der Waals surface area contributed by atoms with Crippen molar-refractivity contribution < 1.29 is 0 Å². The summed E-state index contributed by atoms with van der Waals surface area (Å²) in [5, 5.41) is 2.60. The summed E-state index contributed by atoms with van der Waals surface area (Å²) in [6.45, 7) is 8.33. The van der Waals surface area contributed by atoms with Crippen LogP contribution in [0.4, 0.5) is 5.69 Å². The fourth-order valence-corrected chi connectivity index (χ4v) is 6.55. The van der Waals surface area contributed by atoms with Gasteiger partial charge in [-0.1, -0.05) is 133 Å². The summed E-state index contributed by atoms with van der Waals surface area (Å²) < 4.78 is 0. The van der Waals surface area contributed by atoms with Gasteiger partial charge in [0.15, 0.2) is 0 Å². The predicted molar refractivity (Wildman–Crippen MR) is 192 cm³/mol. The van der Waals surface area contributed by atoms with E-state index >= 15 is 0 Å². The number of aryl methyl sites for hydroxylation is 1. The number of fused-ring (bicyclic) bond motifs is 1. The van der Waals surface area contributed by atoms with E-state index in [1.165, 1.54) is 60.5 Å². The van der Waals surface area contributed by atoms with Crippen LogP contribution in [0.25, 0.3) is 40.0 Å². The number of hydrogen-bond donors (Lipinski definition) is 0. The van der Waals surface area contributed by atoms with Crippen LogP contribution < -0.4 is 10.4 Å². The molecule has 1 aliphatic rings. The van der Waals surface area contributed by atoms with Crippen LogP contribution >= 0.6 is 0 Å². The third kappa shape index (κ3) is 5.28. The first-order valence-corrected chi connectivity index (χ1v) is 15.5. The molecule has 0 saturated heterocycles. The number of aliphatic imine (C=N–C) groups is 1. The molecule has 7 rings (SSSR count). The summed E-state index contributed by atoms with van der Waals surface area (Å²) >= 11 is 0. The van der Waals surface area contributed by atoms with E-state index in [1.807, 2.05) is 12.1 Å². The van der Waals surface area contributed by atoms with Crippen LogP contribution in [0.3, 0.4) is 0 Å². The van der Waals surface area contributed by atoms with Gasteiger partial charge in [0.25, 0.3) is 0 Å². The molecule has 1 atom stereocenters. The Kier molecular flexibility index (Phi) is 7.45. The molecule has 1 heteroatoms. The average Bonchev–Trinajstić information content (AvgIpc) is 3.09. The van der Waals surface area contributed by atoms with E-state index in [0.29, 0.717) is 0 Å². The van der Waals surface area contributed by atoms with Crippen LogP contribution in [0.2, 0.25) is 0 Å². The minimum absolute atomic E-state index is 0.411. The van der Waals surface area contributed by atoms with Crippen LogP contribution in [0, 0.1) is 6.92 Å². The van der Waals surface area contributed by atoms with Crippen LogP contribution in [0.5, 0.6) is 0 Å². The molecule has 1 aliphatic carbocycles. The SMILES string of the molecule is C=Nc1ccccc1C(C)(c1ccccc1)c1cccc(-c2cccc(-c3ccc4c(c3)=CC=4/C=C\c3ccccc3C)c2)c1. The second kappa shape index (κ2) is 11.9. The first kappa shape index (κ1) is 28.3. The molecule has 0 N–H and O–H groups in total. The standard InChI is InChI=1S/C44H35N/c1-31-13-7-8-14-32(31)23-24-37-29-38-28-36(25-26-41(37)38)34-16-11-15-33(27-34)35-17-12-20-40(30-35)44(2,39-18-5-4-6-19-39)42-21-9-10-22-43(42)45-3/h4-30H,3H2,1-2H3/b24-23-. The van der Waals surface area contributed by atoms with Gasteiger partial charge in [0.1, 0.15) is 0 Å². The van der Waals surface area contributed by atoms with E-state index in [1.54, 1.807) is 0 Å². The molecule has 216 valence electrons.